The van der Waals surface area contributed by atoms with E-state index in [0.717, 1.165) is 26.2 Å². The third-order valence-electron chi connectivity index (χ3n) is 3.20. The number of hydrogen-bond acceptors (Lipinski definition) is 5. The van der Waals surface area contributed by atoms with Gasteiger partial charge in [0.15, 0.2) is 0 Å². The Morgan fingerprint density at radius 2 is 1.78 bits per heavy atom. The monoisotopic (exact) mass is 278 g/mol. The van der Waals surface area contributed by atoms with Gasteiger partial charge in [0.2, 0.25) is 10.0 Å². The standard InChI is InChI=1S/C11H26N4O2S/c1-12-4-11-18(16,17)15-9-7-14(8-10-15)6-5-13(2)3/h12H,4-11H2,1-3H3. The third kappa shape index (κ3) is 5.19. The lowest BCUT2D eigenvalue weighted by atomic mass is 10.3. The van der Waals surface area contributed by atoms with Gasteiger partial charge >= 0.3 is 0 Å². The lowest BCUT2D eigenvalue weighted by molar-refractivity contribution is 0.174. The molecule has 0 radical (unpaired) electrons. The highest BCUT2D eigenvalue weighted by Crippen LogP contribution is 2.07. The van der Waals surface area contributed by atoms with E-state index < -0.39 is 10.0 Å². The molecule has 1 N–H and O–H groups in total. The van der Waals surface area contributed by atoms with Crippen LogP contribution in [0.15, 0.2) is 0 Å². The highest BCUT2D eigenvalue weighted by Gasteiger charge is 2.25. The fourth-order valence-electron chi connectivity index (χ4n) is 1.93. The van der Waals surface area contributed by atoms with Crippen molar-refractivity contribution in [2.24, 2.45) is 0 Å². The Hall–Kier alpha value is -0.210. The molecule has 108 valence electrons. The fourth-order valence-corrected chi connectivity index (χ4v) is 3.37. The van der Waals surface area contributed by atoms with E-state index in [1.54, 1.807) is 11.4 Å². The Morgan fingerprint density at radius 3 is 2.28 bits per heavy atom. The molecule has 0 amide bonds. The number of hydrogen-bond donors (Lipinski definition) is 1. The van der Waals surface area contributed by atoms with Crippen LogP contribution in [-0.2, 0) is 10.0 Å². The SMILES string of the molecule is CNCCS(=O)(=O)N1CCN(CCN(C)C)CC1. The van der Waals surface area contributed by atoms with Gasteiger partial charge in [-0.1, -0.05) is 0 Å². The molecular formula is C11H26N4O2S. The van der Waals surface area contributed by atoms with Crippen molar-refractivity contribution in [3.05, 3.63) is 0 Å². The van der Waals surface area contributed by atoms with Crippen molar-refractivity contribution in [1.82, 2.24) is 19.4 Å². The maximum absolute atomic E-state index is 12.0. The molecule has 0 spiro atoms. The van der Waals surface area contributed by atoms with E-state index in [2.05, 4.69) is 29.2 Å². The van der Waals surface area contributed by atoms with Gasteiger partial charge in [0, 0.05) is 45.8 Å². The topological polar surface area (TPSA) is 55.9 Å². The van der Waals surface area contributed by atoms with Crippen LogP contribution < -0.4 is 5.32 Å². The Labute approximate surface area is 111 Å². The first-order chi connectivity index (χ1) is 8.45. The highest BCUT2D eigenvalue weighted by molar-refractivity contribution is 7.89. The Morgan fingerprint density at radius 1 is 1.17 bits per heavy atom. The quantitative estimate of drug-likeness (QED) is 0.628. The molecule has 0 unspecified atom stereocenters. The van der Waals surface area contributed by atoms with E-state index in [1.807, 2.05) is 0 Å². The molecule has 1 aliphatic heterocycles. The van der Waals surface area contributed by atoms with Crippen LogP contribution in [0.3, 0.4) is 0 Å². The van der Waals surface area contributed by atoms with Gasteiger partial charge in [0.05, 0.1) is 5.75 Å². The second-order valence-corrected chi connectivity index (χ2v) is 7.05. The second-order valence-electron chi connectivity index (χ2n) is 4.96. The largest absolute Gasteiger partial charge is 0.319 e. The van der Waals surface area contributed by atoms with Crippen LogP contribution in [0.2, 0.25) is 0 Å². The van der Waals surface area contributed by atoms with Gasteiger partial charge < -0.3 is 10.2 Å². The molecule has 18 heavy (non-hydrogen) atoms. The lowest BCUT2D eigenvalue weighted by Crippen LogP contribution is -2.50. The van der Waals surface area contributed by atoms with E-state index in [9.17, 15) is 8.42 Å². The molecule has 0 saturated carbocycles. The van der Waals surface area contributed by atoms with Gasteiger partial charge in [-0.15, -0.1) is 0 Å². The van der Waals surface area contributed by atoms with Crippen molar-refractivity contribution in [3.63, 3.8) is 0 Å². The molecule has 1 aliphatic rings. The van der Waals surface area contributed by atoms with Gasteiger partial charge in [0.1, 0.15) is 0 Å². The molecular weight excluding hydrogens is 252 g/mol. The second kappa shape index (κ2) is 7.40. The molecule has 7 heteroatoms. The normalized spacial score (nSPS) is 19.6. The molecule has 1 fully saturated rings. The molecule has 0 atom stereocenters. The van der Waals surface area contributed by atoms with E-state index in [0.29, 0.717) is 19.6 Å². The predicted octanol–water partition coefficient (Wildman–Crippen LogP) is -1.29. The number of nitrogens with one attached hydrogen (secondary N) is 1. The van der Waals surface area contributed by atoms with E-state index in [1.165, 1.54) is 0 Å². The molecule has 1 rings (SSSR count). The molecule has 0 aromatic rings. The van der Waals surface area contributed by atoms with Gasteiger partial charge in [-0.2, -0.15) is 4.31 Å². The van der Waals surface area contributed by atoms with E-state index >= 15 is 0 Å². The first kappa shape index (κ1) is 15.8. The van der Waals surface area contributed by atoms with Crippen molar-refractivity contribution in [2.45, 2.75) is 0 Å². The minimum Gasteiger partial charge on any atom is -0.319 e. The van der Waals surface area contributed by atoms with Crippen LogP contribution in [0.5, 0.6) is 0 Å². The molecule has 0 bridgehead atoms. The average Bonchev–Trinajstić information content (AvgIpc) is 2.34. The first-order valence-electron chi connectivity index (χ1n) is 6.45. The summed E-state index contributed by atoms with van der Waals surface area (Å²) >= 11 is 0. The highest BCUT2D eigenvalue weighted by atomic mass is 32.2. The average molecular weight is 278 g/mol. The Bertz CT molecular complexity index is 324. The summed E-state index contributed by atoms with van der Waals surface area (Å²) in [4.78, 5) is 4.47. The zero-order valence-corrected chi connectivity index (χ0v) is 12.5. The van der Waals surface area contributed by atoms with Gasteiger partial charge in [-0.25, -0.2) is 8.42 Å². The maximum Gasteiger partial charge on any atom is 0.215 e. The maximum atomic E-state index is 12.0. The summed E-state index contributed by atoms with van der Waals surface area (Å²) in [5.41, 5.74) is 0. The summed E-state index contributed by atoms with van der Waals surface area (Å²) in [5, 5.41) is 2.88. The first-order valence-corrected chi connectivity index (χ1v) is 8.06. The third-order valence-corrected chi connectivity index (χ3v) is 5.07. The van der Waals surface area contributed by atoms with Crippen molar-refractivity contribution >= 4 is 10.0 Å². The van der Waals surface area contributed by atoms with Crippen molar-refractivity contribution in [3.8, 4) is 0 Å². The van der Waals surface area contributed by atoms with E-state index in [4.69, 9.17) is 0 Å². The van der Waals surface area contributed by atoms with Crippen LogP contribution in [0.25, 0.3) is 0 Å². The van der Waals surface area contributed by atoms with Gasteiger partial charge in [-0.3, -0.25) is 4.90 Å². The van der Waals surface area contributed by atoms with Gasteiger partial charge in [-0.05, 0) is 21.1 Å². The molecule has 0 aromatic carbocycles. The lowest BCUT2D eigenvalue weighted by Gasteiger charge is -2.34. The summed E-state index contributed by atoms with van der Waals surface area (Å²) in [6.45, 7) is 5.48. The molecule has 1 saturated heterocycles. The Kier molecular flexibility index (Phi) is 6.51. The van der Waals surface area contributed by atoms with Crippen LogP contribution >= 0.6 is 0 Å². The van der Waals surface area contributed by atoms with Crippen molar-refractivity contribution in [2.75, 3.05) is 72.7 Å². The van der Waals surface area contributed by atoms with Crippen LogP contribution in [-0.4, -0.2) is 95.2 Å². The Balaban J connectivity index is 2.34. The van der Waals surface area contributed by atoms with Crippen LogP contribution in [0, 0.1) is 0 Å². The molecule has 1 heterocycles. The fraction of sp³-hybridized carbons (Fsp3) is 1.00. The smallest absolute Gasteiger partial charge is 0.215 e. The van der Waals surface area contributed by atoms with Crippen LogP contribution in [0.4, 0.5) is 0 Å². The van der Waals surface area contributed by atoms with Crippen molar-refractivity contribution < 1.29 is 8.42 Å². The van der Waals surface area contributed by atoms with E-state index in [-0.39, 0.29) is 5.75 Å². The minimum atomic E-state index is -3.07. The van der Waals surface area contributed by atoms with Crippen LogP contribution in [0.1, 0.15) is 0 Å². The van der Waals surface area contributed by atoms with Gasteiger partial charge in [0.25, 0.3) is 0 Å². The molecule has 0 aromatic heterocycles. The minimum absolute atomic E-state index is 0.196. The summed E-state index contributed by atoms with van der Waals surface area (Å²) in [7, 11) is 2.81. The zero-order chi connectivity index (χ0) is 13.6. The number of sulfonamides is 1. The number of nitrogens with zero attached hydrogens (tertiary/aromatic N) is 3. The summed E-state index contributed by atoms with van der Waals surface area (Å²) in [6.07, 6.45) is 0. The zero-order valence-electron chi connectivity index (χ0n) is 11.7. The predicted molar refractivity (Wildman–Crippen MR) is 74.3 cm³/mol. The molecule has 6 nitrogen and oxygen atoms in total. The number of rotatable bonds is 7. The summed E-state index contributed by atoms with van der Waals surface area (Å²) < 4.78 is 25.6. The summed E-state index contributed by atoms with van der Waals surface area (Å²) in [5.74, 6) is 0.196. The molecule has 0 aliphatic carbocycles. The number of likely N-dealkylation sites (N-methyl/N-ethyl adjacent to an activating group) is 1. The summed E-state index contributed by atoms with van der Waals surface area (Å²) in [6, 6.07) is 0. The van der Waals surface area contributed by atoms with Crippen molar-refractivity contribution in [1.29, 1.82) is 0 Å². The number of piperazine rings is 1.